The maximum Gasteiger partial charge on any atom is 0.0947 e. The largest absolute Gasteiger partial charge is 0.271 e. The average molecular weight is 326 g/mol. The quantitative estimate of drug-likeness (QED) is 0.670. The van der Waals surface area contributed by atoms with Crippen molar-refractivity contribution in [2.45, 2.75) is 26.3 Å². The number of benzene rings is 1. The lowest BCUT2D eigenvalue weighted by Gasteiger charge is -2.17. The van der Waals surface area contributed by atoms with E-state index in [1.54, 1.807) is 11.3 Å². The Morgan fingerprint density at radius 2 is 2.22 bits per heavy atom. The lowest BCUT2D eigenvalue weighted by molar-refractivity contribution is 0.548. The topological polar surface area (TPSA) is 50.9 Å². The average Bonchev–Trinajstić information content (AvgIpc) is 2.75. The van der Waals surface area contributed by atoms with Crippen LogP contribution in [0.4, 0.5) is 0 Å². The fraction of sp³-hybridized carbons (Fsp3) is 0.308. The summed E-state index contributed by atoms with van der Waals surface area (Å²) in [5.41, 5.74) is 6.34. The van der Waals surface area contributed by atoms with Crippen molar-refractivity contribution in [3.8, 4) is 0 Å². The van der Waals surface area contributed by atoms with Crippen LogP contribution in [-0.2, 0) is 6.42 Å². The highest BCUT2D eigenvalue weighted by Gasteiger charge is 2.15. The first-order chi connectivity index (χ1) is 8.60. The molecular formula is C13H16BrN3S. The minimum absolute atomic E-state index is 0.0739. The molecule has 2 aromatic rings. The van der Waals surface area contributed by atoms with Gasteiger partial charge in [0.25, 0.3) is 0 Å². The van der Waals surface area contributed by atoms with Gasteiger partial charge in [0, 0.05) is 22.0 Å². The Morgan fingerprint density at radius 3 is 2.83 bits per heavy atom. The predicted molar refractivity (Wildman–Crippen MR) is 79.5 cm³/mol. The molecule has 1 atom stereocenters. The Bertz CT molecular complexity index is 539. The maximum atomic E-state index is 5.68. The molecule has 0 amide bonds. The molecule has 5 heteroatoms. The van der Waals surface area contributed by atoms with Gasteiger partial charge in [-0.15, -0.1) is 11.3 Å². The van der Waals surface area contributed by atoms with Gasteiger partial charge in [0.1, 0.15) is 0 Å². The van der Waals surface area contributed by atoms with E-state index in [9.17, 15) is 0 Å². The second kappa shape index (κ2) is 5.93. The van der Waals surface area contributed by atoms with Gasteiger partial charge in [-0.1, -0.05) is 33.6 Å². The van der Waals surface area contributed by atoms with Gasteiger partial charge in [-0.2, -0.15) is 0 Å². The van der Waals surface area contributed by atoms with E-state index < -0.39 is 0 Å². The second-order valence-corrected chi connectivity index (χ2v) is 6.13. The van der Waals surface area contributed by atoms with Gasteiger partial charge in [-0.05, 0) is 25.5 Å². The number of aryl methyl sites for hydroxylation is 2. The Hall–Kier alpha value is -0.750. The molecule has 0 aliphatic rings. The second-order valence-electron chi connectivity index (χ2n) is 4.33. The molecular weight excluding hydrogens is 310 g/mol. The van der Waals surface area contributed by atoms with Crippen LogP contribution < -0.4 is 11.3 Å². The molecule has 1 aromatic carbocycles. The Labute approximate surface area is 120 Å². The SMILES string of the molecule is Cc1ccc(Br)c(C(Cc2nc(C)cs2)NN)c1. The molecule has 0 bridgehead atoms. The summed E-state index contributed by atoms with van der Waals surface area (Å²) >= 11 is 5.25. The number of halogens is 1. The van der Waals surface area contributed by atoms with E-state index in [1.165, 1.54) is 11.1 Å². The van der Waals surface area contributed by atoms with E-state index >= 15 is 0 Å². The maximum absolute atomic E-state index is 5.68. The third-order valence-corrected chi connectivity index (χ3v) is 4.48. The zero-order valence-corrected chi connectivity index (χ0v) is 12.8. The number of hydrogen-bond donors (Lipinski definition) is 2. The normalized spacial score (nSPS) is 12.7. The van der Waals surface area contributed by atoms with Crippen LogP contribution in [0, 0.1) is 13.8 Å². The molecule has 1 aromatic heterocycles. The minimum atomic E-state index is 0.0739. The lowest BCUT2D eigenvalue weighted by Crippen LogP contribution is -2.29. The molecule has 0 saturated carbocycles. The van der Waals surface area contributed by atoms with E-state index in [-0.39, 0.29) is 6.04 Å². The molecule has 1 unspecified atom stereocenters. The first-order valence-electron chi connectivity index (χ1n) is 5.73. The van der Waals surface area contributed by atoms with Gasteiger partial charge in [0.15, 0.2) is 0 Å². The summed E-state index contributed by atoms with van der Waals surface area (Å²) in [5, 5.41) is 3.16. The molecule has 0 aliphatic carbocycles. The third-order valence-electron chi connectivity index (χ3n) is 2.77. The summed E-state index contributed by atoms with van der Waals surface area (Å²) in [5.74, 6) is 5.68. The van der Waals surface area contributed by atoms with Gasteiger partial charge in [-0.25, -0.2) is 4.98 Å². The number of hydrazine groups is 1. The number of nitrogens with one attached hydrogen (secondary N) is 1. The molecule has 0 spiro atoms. The van der Waals surface area contributed by atoms with Crippen LogP contribution >= 0.6 is 27.3 Å². The minimum Gasteiger partial charge on any atom is -0.271 e. The van der Waals surface area contributed by atoms with Gasteiger partial charge in [-0.3, -0.25) is 11.3 Å². The van der Waals surface area contributed by atoms with Gasteiger partial charge in [0.05, 0.1) is 11.0 Å². The number of thiazole rings is 1. The van der Waals surface area contributed by atoms with Crippen LogP contribution in [0.2, 0.25) is 0 Å². The zero-order chi connectivity index (χ0) is 13.1. The Balaban J connectivity index is 2.25. The molecule has 96 valence electrons. The van der Waals surface area contributed by atoms with Crippen molar-refractivity contribution < 1.29 is 0 Å². The van der Waals surface area contributed by atoms with Crippen LogP contribution in [0.5, 0.6) is 0 Å². The number of nitrogens with zero attached hydrogens (tertiary/aromatic N) is 1. The first kappa shape index (κ1) is 13.7. The van der Waals surface area contributed by atoms with Crippen LogP contribution in [0.3, 0.4) is 0 Å². The van der Waals surface area contributed by atoms with Crippen molar-refractivity contribution in [3.05, 3.63) is 49.9 Å². The monoisotopic (exact) mass is 325 g/mol. The fourth-order valence-electron chi connectivity index (χ4n) is 1.86. The number of nitrogens with two attached hydrogens (primary N) is 1. The van der Waals surface area contributed by atoms with Crippen LogP contribution in [-0.4, -0.2) is 4.98 Å². The van der Waals surface area contributed by atoms with Crippen LogP contribution in [0.25, 0.3) is 0 Å². The van der Waals surface area contributed by atoms with Crippen molar-refractivity contribution in [3.63, 3.8) is 0 Å². The van der Waals surface area contributed by atoms with E-state index in [2.05, 4.69) is 56.8 Å². The highest BCUT2D eigenvalue weighted by Crippen LogP contribution is 2.27. The highest BCUT2D eigenvalue weighted by atomic mass is 79.9. The summed E-state index contributed by atoms with van der Waals surface area (Å²) in [6.07, 6.45) is 0.803. The van der Waals surface area contributed by atoms with Crippen molar-refractivity contribution in [1.82, 2.24) is 10.4 Å². The van der Waals surface area contributed by atoms with E-state index in [0.717, 1.165) is 21.6 Å². The molecule has 0 radical (unpaired) electrons. The molecule has 2 rings (SSSR count). The third kappa shape index (κ3) is 3.17. The molecule has 18 heavy (non-hydrogen) atoms. The van der Waals surface area contributed by atoms with Crippen LogP contribution in [0.15, 0.2) is 28.1 Å². The van der Waals surface area contributed by atoms with Crippen molar-refractivity contribution in [1.29, 1.82) is 0 Å². The molecule has 0 fully saturated rings. The van der Waals surface area contributed by atoms with E-state index in [1.807, 2.05) is 6.92 Å². The first-order valence-corrected chi connectivity index (χ1v) is 7.40. The lowest BCUT2D eigenvalue weighted by atomic mass is 10.0. The molecule has 1 heterocycles. The summed E-state index contributed by atoms with van der Waals surface area (Å²) in [7, 11) is 0. The predicted octanol–water partition coefficient (Wildman–Crippen LogP) is 3.27. The fourth-order valence-corrected chi connectivity index (χ4v) is 3.20. The van der Waals surface area contributed by atoms with Gasteiger partial charge in [0.2, 0.25) is 0 Å². The highest BCUT2D eigenvalue weighted by molar-refractivity contribution is 9.10. The van der Waals surface area contributed by atoms with Crippen LogP contribution in [0.1, 0.15) is 27.9 Å². The number of hydrogen-bond acceptors (Lipinski definition) is 4. The van der Waals surface area contributed by atoms with Gasteiger partial charge >= 0.3 is 0 Å². The van der Waals surface area contributed by atoms with E-state index in [0.29, 0.717) is 0 Å². The number of aromatic nitrogens is 1. The summed E-state index contributed by atoms with van der Waals surface area (Å²) < 4.78 is 1.07. The molecule has 3 N–H and O–H groups in total. The Kier molecular flexibility index (Phi) is 4.50. The van der Waals surface area contributed by atoms with Crippen molar-refractivity contribution in [2.75, 3.05) is 0 Å². The van der Waals surface area contributed by atoms with Crippen molar-refractivity contribution >= 4 is 27.3 Å². The standard InChI is InChI=1S/C13H16BrN3S/c1-8-3-4-11(14)10(5-8)12(17-15)6-13-16-9(2)7-18-13/h3-5,7,12,17H,6,15H2,1-2H3. The molecule has 0 saturated heterocycles. The summed E-state index contributed by atoms with van der Waals surface area (Å²) in [6.45, 7) is 4.09. The van der Waals surface area contributed by atoms with Gasteiger partial charge < -0.3 is 0 Å². The van der Waals surface area contributed by atoms with E-state index in [4.69, 9.17) is 5.84 Å². The number of rotatable bonds is 4. The van der Waals surface area contributed by atoms with Crippen molar-refractivity contribution in [2.24, 2.45) is 5.84 Å². The summed E-state index contributed by atoms with van der Waals surface area (Å²) in [6, 6.07) is 6.36. The zero-order valence-electron chi connectivity index (χ0n) is 10.4. The summed E-state index contributed by atoms with van der Waals surface area (Å²) in [4.78, 5) is 4.48. The molecule has 3 nitrogen and oxygen atoms in total. The molecule has 0 aliphatic heterocycles. The Morgan fingerprint density at radius 1 is 1.44 bits per heavy atom. The smallest absolute Gasteiger partial charge is 0.0947 e.